The number of nitrogens with one attached hydrogen (secondary N) is 1. The maximum absolute atomic E-state index is 3.50. The molecule has 2 saturated heterocycles. The topological polar surface area (TPSA) is 15.3 Å². The molecule has 2 nitrogen and oxygen atoms in total. The molecule has 0 aliphatic carbocycles. The third kappa shape index (κ3) is 3.69. The van der Waals surface area contributed by atoms with E-state index >= 15 is 0 Å². The zero-order valence-corrected chi connectivity index (χ0v) is 11.8. The molecule has 1 N–H and O–H groups in total. The van der Waals surface area contributed by atoms with Crippen molar-refractivity contribution in [2.75, 3.05) is 26.2 Å². The lowest BCUT2D eigenvalue weighted by Crippen LogP contribution is -2.42. The van der Waals surface area contributed by atoms with Gasteiger partial charge in [-0.15, -0.1) is 0 Å². The lowest BCUT2D eigenvalue weighted by molar-refractivity contribution is 0.143. The molecular weight excluding hydrogens is 208 g/mol. The van der Waals surface area contributed by atoms with E-state index in [1.165, 1.54) is 64.7 Å². The van der Waals surface area contributed by atoms with Crippen LogP contribution in [0.15, 0.2) is 0 Å². The van der Waals surface area contributed by atoms with Gasteiger partial charge in [0.25, 0.3) is 0 Å². The first-order valence-corrected chi connectivity index (χ1v) is 7.76. The van der Waals surface area contributed by atoms with Gasteiger partial charge in [0.2, 0.25) is 0 Å². The zero-order valence-electron chi connectivity index (χ0n) is 11.8. The molecule has 2 fully saturated rings. The average Bonchev–Trinajstić information content (AvgIpc) is 2.78. The van der Waals surface area contributed by atoms with Crippen LogP contribution in [0.5, 0.6) is 0 Å². The van der Waals surface area contributed by atoms with Gasteiger partial charge >= 0.3 is 0 Å². The van der Waals surface area contributed by atoms with Crippen LogP contribution in [0.4, 0.5) is 0 Å². The molecule has 0 amide bonds. The first-order chi connectivity index (χ1) is 8.31. The maximum atomic E-state index is 3.50. The van der Waals surface area contributed by atoms with Crippen molar-refractivity contribution in [3.63, 3.8) is 0 Å². The summed E-state index contributed by atoms with van der Waals surface area (Å²) in [5, 5.41) is 3.50. The molecule has 0 bridgehead atoms. The maximum Gasteiger partial charge on any atom is 0.0125 e. The highest BCUT2D eigenvalue weighted by molar-refractivity contribution is 4.87. The fraction of sp³-hybridized carbons (Fsp3) is 1.00. The predicted octanol–water partition coefficient (Wildman–Crippen LogP) is 2.89. The smallest absolute Gasteiger partial charge is 0.0125 e. The molecule has 0 spiro atoms. The summed E-state index contributed by atoms with van der Waals surface area (Å²) in [6.07, 6.45) is 8.45. The summed E-state index contributed by atoms with van der Waals surface area (Å²) in [5.74, 6) is 1.87. The summed E-state index contributed by atoms with van der Waals surface area (Å²) in [6, 6.07) is 0.913. The average molecular weight is 238 g/mol. The largest absolute Gasteiger partial charge is 0.317 e. The Morgan fingerprint density at radius 3 is 2.71 bits per heavy atom. The van der Waals surface area contributed by atoms with Crippen molar-refractivity contribution in [2.45, 2.75) is 58.4 Å². The summed E-state index contributed by atoms with van der Waals surface area (Å²) < 4.78 is 0. The van der Waals surface area contributed by atoms with E-state index in [0.29, 0.717) is 0 Å². The van der Waals surface area contributed by atoms with Gasteiger partial charge in [0.15, 0.2) is 0 Å². The van der Waals surface area contributed by atoms with Crippen molar-refractivity contribution in [3.05, 3.63) is 0 Å². The number of hydrogen-bond acceptors (Lipinski definition) is 2. The minimum absolute atomic E-state index is 0.891. The van der Waals surface area contributed by atoms with Crippen molar-refractivity contribution in [2.24, 2.45) is 11.8 Å². The first-order valence-electron chi connectivity index (χ1n) is 7.76. The second-order valence-corrected chi connectivity index (χ2v) is 6.19. The Morgan fingerprint density at radius 2 is 2.00 bits per heavy atom. The van der Waals surface area contributed by atoms with E-state index in [0.717, 1.165) is 17.9 Å². The van der Waals surface area contributed by atoms with E-state index in [1.54, 1.807) is 0 Å². The molecule has 2 atom stereocenters. The fourth-order valence-electron chi connectivity index (χ4n) is 3.83. The highest BCUT2D eigenvalue weighted by Gasteiger charge is 2.32. The van der Waals surface area contributed by atoms with E-state index < -0.39 is 0 Å². The SMILES string of the molecule is CCCC(C)CN1CCCC1C1CCNCC1. The normalized spacial score (nSPS) is 29.6. The molecule has 0 aromatic rings. The molecule has 2 aliphatic rings. The molecule has 0 aromatic heterocycles. The molecule has 2 unspecified atom stereocenters. The molecule has 2 rings (SSSR count). The Morgan fingerprint density at radius 1 is 1.24 bits per heavy atom. The van der Waals surface area contributed by atoms with E-state index in [9.17, 15) is 0 Å². The third-order valence-corrected chi connectivity index (χ3v) is 4.67. The fourth-order valence-corrected chi connectivity index (χ4v) is 3.83. The van der Waals surface area contributed by atoms with Crippen LogP contribution in [-0.2, 0) is 0 Å². The Balaban J connectivity index is 1.83. The predicted molar refractivity (Wildman–Crippen MR) is 74.3 cm³/mol. The highest BCUT2D eigenvalue weighted by atomic mass is 15.2. The lowest BCUT2D eigenvalue weighted by Gasteiger charge is -2.35. The van der Waals surface area contributed by atoms with Crippen LogP contribution in [0.3, 0.4) is 0 Å². The van der Waals surface area contributed by atoms with Gasteiger partial charge in [-0.1, -0.05) is 20.3 Å². The van der Waals surface area contributed by atoms with Crippen molar-refractivity contribution in [1.82, 2.24) is 10.2 Å². The number of piperidine rings is 1. The minimum Gasteiger partial charge on any atom is -0.317 e. The van der Waals surface area contributed by atoms with Gasteiger partial charge in [-0.3, -0.25) is 4.90 Å². The van der Waals surface area contributed by atoms with Crippen molar-refractivity contribution in [3.8, 4) is 0 Å². The summed E-state index contributed by atoms with van der Waals surface area (Å²) in [7, 11) is 0. The van der Waals surface area contributed by atoms with Gasteiger partial charge in [0.1, 0.15) is 0 Å². The molecule has 0 saturated carbocycles. The van der Waals surface area contributed by atoms with Gasteiger partial charge in [0.05, 0.1) is 0 Å². The lowest BCUT2D eigenvalue weighted by atomic mass is 9.88. The Labute approximate surface area is 107 Å². The molecule has 0 aromatic carbocycles. The standard InChI is InChI=1S/C15H30N2/c1-3-5-13(2)12-17-11-4-6-15(17)14-7-9-16-10-8-14/h13-16H,3-12H2,1-2H3. The quantitative estimate of drug-likeness (QED) is 0.792. The van der Waals surface area contributed by atoms with Gasteiger partial charge in [0, 0.05) is 12.6 Å². The number of nitrogens with zero attached hydrogens (tertiary/aromatic N) is 1. The number of hydrogen-bond donors (Lipinski definition) is 1. The van der Waals surface area contributed by atoms with E-state index in [2.05, 4.69) is 24.1 Å². The van der Waals surface area contributed by atoms with Crippen molar-refractivity contribution >= 4 is 0 Å². The molecule has 100 valence electrons. The first kappa shape index (κ1) is 13.4. The summed E-state index contributed by atoms with van der Waals surface area (Å²) in [6.45, 7) is 9.95. The summed E-state index contributed by atoms with van der Waals surface area (Å²) in [5.41, 5.74) is 0. The van der Waals surface area contributed by atoms with Crippen molar-refractivity contribution in [1.29, 1.82) is 0 Å². The minimum atomic E-state index is 0.891. The molecule has 2 heterocycles. The second kappa shape index (κ2) is 6.75. The van der Waals surface area contributed by atoms with Gasteiger partial charge in [-0.2, -0.15) is 0 Å². The Hall–Kier alpha value is -0.0800. The Kier molecular flexibility index (Phi) is 5.30. The van der Waals surface area contributed by atoms with E-state index in [1.807, 2.05) is 0 Å². The number of likely N-dealkylation sites (tertiary alicyclic amines) is 1. The van der Waals surface area contributed by atoms with Crippen LogP contribution in [0, 0.1) is 11.8 Å². The number of rotatable bonds is 5. The van der Waals surface area contributed by atoms with Crippen LogP contribution in [0.1, 0.15) is 52.4 Å². The summed E-state index contributed by atoms with van der Waals surface area (Å²) in [4.78, 5) is 2.82. The van der Waals surface area contributed by atoms with Crippen LogP contribution < -0.4 is 5.32 Å². The monoisotopic (exact) mass is 238 g/mol. The molecule has 17 heavy (non-hydrogen) atoms. The van der Waals surface area contributed by atoms with Gasteiger partial charge in [-0.05, 0) is 63.6 Å². The zero-order chi connectivity index (χ0) is 12.1. The summed E-state index contributed by atoms with van der Waals surface area (Å²) >= 11 is 0. The molecule has 2 heteroatoms. The van der Waals surface area contributed by atoms with Crippen LogP contribution in [0.25, 0.3) is 0 Å². The van der Waals surface area contributed by atoms with E-state index in [4.69, 9.17) is 0 Å². The second-order valence-electron chi connectivity index (χ2n) is 6.19. The highest BCUT2D eigenvalue weighted by Crippen LogP contribution is 2.30. The van der Waals surface area contributed by atoms with Crippen LogP contribution >= 0.6 is 0 Å². The van der Waals surface area contributed by atoms with Crippen LogP contribution in [0.2, 0.25) is 0 Å². The van der Waals surface area contributed by atoms with Gasteiger partial charge < -0.3 is 5.32 Å². The molecule has 0 radical (unpaired) electrons. The third-order valence-electron chi connectivity index (χ3n) is 4.67. The van der Waals surface area contributed by atoms with Crippen molar-refractivity contribution < 1.29 is 0 Å². The van der Waals surface area contributed by atoms with Crippen LogP contribution in [-0.4, -0.2) is 37.1 Å². The van der Waals surface area contributed by atoms with E-state index in [-0.39, 0.29) is 0 Å². The molecular formula is C15H30N2. The Bertz CT molecular complexity index is 211. The van der Waals surface area contributed by atoms with Gasteiger partial charge in [-0.25, -0.2) is 0 Å². The molecule has 2 aliphatic heterocycles.